The Balaban J connectivity index is 1.89. The number of nitrogens with one attached hydrogen (secondary N) is 1. The number of para-hydroxylation sites is 1. The number of aromatic hydroxyl groups is 1. The molecule has 1 atom stereocenters. The van der Waals surface area contributed by atoms with Crippen LogP contribution in [0, 0.1) is 5.92 Å². The van der Waals surface area contributed by atoms with Gasteiger partial charge in [-0.1, -0.05) is 18.2 Å². The topological polar surface area (TPSA) is 49.3 Å². The van der Waals surface area contributed by atoms with Crippen molar-refractivity contribution in [2.75, 3.05) is 0 Å². The van der Waals surface area contributed by atoms with Gasteiger partial charge in [-0.05, 0) is 31.7 Å². The van der Waals surface area contributed by atoms with E-state index >= 15 is 0 Å². The number of carbonyl (C=O) groups is 1. The lowest BCUT2D eigenvalue weighted by atomic mass is 10.1. The van der Waals surface area contributed by atoms with Gasteiger partial charge >= 0.3 is 0 Å². The van der Waals surface area contributed by atoms with Crippen molar-refractivity contribution >= 4 is 5.91 Å². The largest absolute Gasteiger partial charge is 0.508 e. The first kappa shape index (κ1) is 11.0. The van der Waals surface area contributed by atoms with E-state index in [0.717, 1.165) is 0 Å². The van der Waals surface area contributed by atoms with Gasteiger partial charge in [-0.2, -0.15) is 0 Å². The Morgan fingerprint density at radius 2 is 2.19 bits per heavy atom. The minimum Gasteiger partial charge on any atom is -0.508 e. The van der Waals surface area contributed by atoms with Gasteiger partial charge in [-0.15, -0.1) is 0 Å². The van der Waals surface area contributed by atoms with Crippen molar-refractivity contribution in [2.24, 2.45) is 5.92 Å². The molecule has 1 aliphatic rings. The molecule has 1 fully saturated rings. The molecule has 0 spiro atoms. The van der Waals surface area contributed by atoms with E-state index in [4.69, 9.17) is 0 Å². The standard InChI is InChI=1S/C13H17NO2/c1-9(10-6-7-10)14-13(16)8-11-4-2-3-5-12(11)15/h2-5,9-10,15H,6-8H2,1H3,(H,14,16). The normalized spacial score (nSPS) is 16.8. The van der Waals surface area contributed by atoms with Crippen LogP contribution in [0.25, 0.3) is 0 Å². The lowest BCUT2D eigenvalue weighted by Gasteiger charge is -2.12. The molecule has 3 heteroatoms. The number of carbonyl (C=O) groups excluding carboxylic acids is 1. The van der Waals surface area contributed by atoms with Crippen molar-refractivity contribution in [3.63, 3.8) is 0 Å². The third-order valence-corrected chi connectivity index (χ3v) is 3.06. The first-order valence-electron chi connectivity index (χ1n) is 5.73. The SMILES string of the molecule is CC(NC(=O)Cc1ccccc1O)C1CC1. The molecule has 1 aliphatic carbocycles. The van der Waals surface area contributed by atoms with Crippen LogP contribution < -0.4 is 5.32 Å². The molecule has 0 bridgehead atoms. The molecule has 1 aromatic carbocycles. The van der Waals surface area contributed by atoms with Crippen LogP contribution in [-0.4, -0.2) is 17.1 Å². The van der Waals surface area contributed by atoms with Crippen LogP contribution in [0.15, 0.2) is 24.3 Å². The second kappa shape index (κ2) is 4.56. The van der Waals surface area contributed by atoms with E-state index in [2.05, 4.69) is 5.32 Å². The van der Waals surface area contributed by atoms with Crippen molar-refractivity contribution in [1.29, 1.82) is 0 Å². The highest BCUT2D eigenvalue weighted by atomic mass is 16.3. The van der Waals surface area contributed by atoms with Gasteiger partial charge in [0.1, 0.15) is 5.75 Å². The van der Waals surface area contributed by atoms with Gasteiger partial charge in [0.15, 0.2) is 0 Å². The molecular formula is C13H17NO2. The van der Waals surface area contributed by atoms with Gasteiger partial charge in [-0.3, -0.25) is 4.79 Å². The Morgan fingerprint density at radius 3 is 2.81 bits per heavy atom. The fourth-order valence-corrected chi connectivity index (χ4v) is 1.85. The molecule has 86 valence electrons. The zero-order chi connectivity index (χ0) is 11.5. The molecule has 1 saturated carbocycles. The summed E-state index contributed by atoms with van der Waals surface area (Å²) in [5.41, 5.74) is 0.683. The lowest BCUT2D eigenvalue weighted by molar-refractivity contribution is -0.121. The summed E-state index contributed by atoms with van der Waals surface area (Å²) in [4.78, 5) is 11.7. The summed E-state index contributed by atoms with van der Waals surface area (Å²) in [5, 5.41) is 12.5. The lowest BCUT2D eigenvalue weighted by Crippen LogP contribution is -2.35. The number of rotatable bonds is 4. The van der Waals surface area contributed by atoms with Crippen molar-refractivity contribution in [3.8, 4) is 5.75 Å². The number of amides is 1. The molecule has 0 aromatic heterocycles. The molecule has 0 saturated heterocycles. The number of phenols is 1. The molecule has 1 unspecified atom stereocenters. The predicted octanol–water partition coefficient (Wildman–Crippen LogP) is 1.85. The highest BCUT2D eigenvalue weighted by Gasteiger charge is 2.28. The van der Waals surface area contributed by atoms with Crippen LogP contribution in [0.4, 0.5) is 0 Å². The molecule has 1 amide bonds. The van der Waals surface area contributed by atoms with Gasteiger partial charge in [0.2, 0.25) is 5.91 Å². The summed E-state index contributed by atoms with van der Waals surface area (Å²) in [5.74, 6) is 0.839. The van der Waals surface area contributed by atoms with Gasteiger partial charge in [0.25, 0.3) is 0 Å². The quantitative estimate of drug-likeness (QED) is 0.812. The minimum absolute atomic E-state index is 0.0131. The summed E-state index contributed by atoms with van der Waals surface area (Å²) in [6.07, 6.45) is 2.69. The Morgan fingerprint density at radius 1 is 1.50 bits per heavy atom. The maximum atomic E-state index is 11.7. The Labute approximate surface area is 95.5 Å². The smallest absolute Gasteiger partial charge is 0.224 e. The van der Waals surface area contributed by atoms with E-state index in [-0.39, 0.29) is 24.1 Å². The fraction of sp³-hybridized carbons (Fsp3) is 0.462. The zero-order valence-electron chi connectivity index (χ0n) is 9.44. The van der Waals surface area contributed by atoms with Crippen LogP contribution in [-0.2, 0) is 11.2 Å². The Bertz CT molecular complexity index is 385. The summed E-state index contributed by atoms with van der Waals surface area (Å²) >= 11 is 0. The molecule has 3 nitrogen and oxygen atoms in total. The summed E-state index contributed by atoms with van der Waals surface area (Å²) in [6, 6.07) is 7.22. The summed E-state index contributed by atoms with van der Waals surface area (Å²) < 4.78 is 0. The van der Waals surface area contributed by atoms with Crippen LogP contribution >= 0.6 is 0 Å². The number of phenolic OH excluding ortho intramolecular Hbond substituents is 1. The monoisotopic (exact) mass is 219 g/mol. The molecule has 1 aromatic rings. The highest BCUT2D eigenvalue weighted by Crippen LogP contribution is 2.32. The number of benzene rings is 1. The average Bonchev–Trinajstić information content (AvgIpc) is 3.04. The van der Waals surface area contributed by atoms with E-state index in [1.807, 2.05) is 13.0 Å². The summed E-state index contributed by atoms with van der Waals surface area (Å²) in [6.45, 7) is 2.04. The van der Waals surface area contributed by atoms with Crippen LogP contribution in [0.2, 0.25) is 0 Å². The van der Waals surface area contributed by atoms with E-state index in [9.17, 15) is 9.90 Å². The average molecular weight is 219 g/mol. The van der Waals surface area contributed by atoms with Gasteiger partial charge in [0, 0.05) is 11.6 Å². The second-order valence-corrected chi connectivity index (χ2v) is 4.50. The van der Waals surface area contributed by atoms with Gasteiger partial charge < -0.3 is 10.4 Å². The molecule has 16 heavy (non-hydrogen) atoms. The maximum absolute atomic E-state index is 11.7. The van der Waals surface area contributed by atoms with Crippen molar-refractivity contribution < 1.29 is 9.90 Å². The Hall–Kier alpha value is -1.51. The highest BCUT2D eigenvalue weighted by molar-refractivity contribution is 5.79. The van der Waals surface area contributed by atoms with Crippen LogP contribution in [0.3, 0.4) is 0 Å². The predicted molar refractivity (Wildman–Crippen MR) is 62.1 cm³/mol. The van der Waals surface area contributed by atoms with Crippen LogP contribution in [0.1, 0.15) is 25.3 Å². The molecule has 2 N–H and O–H groups in total. The molecule has 0 aliphatic heterocycles. The fourth-order valence-electron chi connectivity index (χ4n) is 1.85. The number of hydrogen-bond acceptors (Lipinski definition) is 2. The third kappa shape index (κ3) is 2.75. The maximum Gasteiger partial charge on any atom is 0.224 e. The van der Waals surface area contributed by atoms with Gasteiger partial charge in [0.05, 0.1) is 6.42 Å². The van der Waals surface area contributed by atoms with Gasteiger partial charge in [-0.25, -0.2) is 0 Å². The Kier molecular flexibility index (Phi) is 3.13. The first-order valence-corrected chi connectivity index (χ1v) is 5.73. The molecular weight excluding hydrogens is 202 g/mol. The summed E-state index contributed by atoms with van der Waals surface area (Å²) in [7, 11) is 0. The van der Waals surface area contributed by atoms with E-state index in [0.29, 0.717) is 11.5 Å². The minimum atomic E-state index is -0.0131. The van der Waals surface area contributed by atoms with Crippen molar-refractivity contribution in [2.45, 2.75) is 32.2 Å². The first-order chi connectivity index (χ1) is 7.66. The van der Waals surface area contributed by atoms with Crippen LogP contribution in [0.5, 0.6) is 5.75 Å². The van der Waals surface area contributed by atoms with E-state index in [1.165, 1.54) is 12.8 Å². The molecule has 2 rings (SSSR count). The zero-order valence-corrected chi connectivity index (χ0v) is 9.44. The third-order valence-electron chi connectivity index (χ3n) is 3.06. The van der Waals surface area contributed by atoms with E-state index in [1.54, 1.807) is 18.2 Å². The van der Waals surface area contributed by atoms with E-state index < -0.39 is 0 Å². The molecule has 0 heterocycles. The van der Waals surface area contributed by atoms with Crippen molar-refractivity contribution in [1.82, 2.24) is 5.32 Å². The number of hydrogen-bond donors (Lipinski definition) is 2. The van der Waals surface area contributed by atoms with Crippen molar-refractivity contribution in [3.05, 3.63) is 29.8 Å². The molecule has 0 radical (unpaired) electrons. The second-order valence-electron chi connectivity index (χ2n) is 4.50.